The van der Waals surface area contributed by atoms with E-state index in [-0.39, 0.29) is 17.9 Å². The van der Waals surface area contributed by atoms with Gasteiger partial charge in [0.25, 0.3) is 0 Å². The topological polar surface area (TPSA) is 76.2 Å². The Bertz CT molecular complexity index is 664. The lowest BCUT2D eigenvalue weighted by atomic mass is 10.1. The van der Waals surface area contributed by atoms with Crippen LogP contribution in [-0.2, 0) is 17.6 Å². The first-order valence-corrected chi connectivity index (χ1v) is 6.31. The van der Waals surface area contributed by atoms with Gasteiger partial charge in [-0.2, -0.15) is 4.98 Å². The Morgan fingerprint density at radius 3 is 2.90 bits per heavy atom. The Balaban J connectivity index is 2.07. The molecule has 1 aromatic carbocycles. The van der Waals surface area contributed by atoms with Crippen LogP contribution >= 0.6 is 11.6 Å². The molecule has 0 saturated carbocycles. The maximum absolute atomic E-state index is 10.7. The highest BCUT2D eigenvalue weighted by Crippen LogP contribution is 2.18. The van der Waals surface area contributed by atoms with Gasteiger partial charge in [0.1, 0.15) is 0 Å². The minimum absolute atomic E-state index is 0.0126. The largest absolute Gasteiger partial charge is 0.478 e. The highest BCUT2D eigenvalue weighted by molar-refractivity contribution is 6.31. The van der Waals surface area contributed by atoms with Crippen LogP contribution in [0.25, 0.3) is 0 Å². The van der Waals surface area contributed by atoms with Crippen LogP contribution < -0.4 is 0 Å². The zero-order valence-corrected chi connectivity index (χ0v) is 11.6. The van der Waals surface area contributed by atoms with Crippen LogP contribution in [0, 0.1) is 6.92 Å². The fourth-order valence-corrected chi connectivity index (χ4v) is 1.82. The van der Waals surface area contributed by atoms with Crippen molar-refractivity contribution in [3.05, 3.63) is 58.2 Å². The lowest BCUT2D eigenvalue weighted by Gasteiger charge is -2.00. The van der Waals surface area contributed by atoms with E-state index in [2.05, 4.69) is 16.7 Å². The Morgan fingerprint density at radius 1 is 1.50 bits per heavy atom. The lowest BCUT2D eigenvalue weighted by Crippen LogP contribution is -2.02. The molecule has 104 valence electrons. The van der Waals surface area contributed by atoms with Crippen molar-refractivity contribution >= 4 is 17.6 Å². The number of halogens is 1. The molecular formula is C14H13ClN2O3. The highest BCUT2D eigenvalue weighted by Gasteiger charge is 2.12. The van der Waals surface area contributed by atoms with Crippen molar-refractivity contribution in [3.63, 3.8) is 0 Å². The van der Waals surface area contributed by atoms with Gasteiger partial charge in [-0.05, 0) is 24.1 Å². The van der Waals surface area contributed by atoms with Crippen LogP contribution in [0.3, 0.4) is 0 Å². The molecule has 2 aromatic rings. The molecule has 1 aromatic heterocycles. The molecule has 0 atom stereocenters. The summed E-state index contributed by atoms with van der Waals surface area (Å²) < 4.78 is 4.99. The summed E-state index contributed by atoms with van der Waals surface area (Å²) in [5.41, 5.74) is 1.98. The van der Waals surface area contributed by atoms with Crippen LogP contribution in [0.15, 0.2) is 34.9 Å². The third kappa shape index (κ3) is 3.45. The lowest BCUT2D eigenvalue weighted by molar-refractivity contribution is -0.132. The standard InChI is InChI=1S/C14H13ClN2O3/c1-8-3-4-10(6-11(8)15)7-12-16-13(20-17-12)5-9(2)14(18)19/h3-4,6H,2,5,7H2,1H3,(H,18,19). The zero-order valence-electron chi connectivity index (χ0n) is 10.9. The molecule has 0 aliphatic rings. The normalized spacial score (nSPS) is 10.5. The first-order chi connectivity index (χ1) is 9.45. The summed E-state index contributed by atoms with van der Waals surface area (Å²) in [4.78, 5) is 14.8. The van der Waals surface area contributed by atoms with Crippen molar-refractivity contribution < 1.29 is 14.4 Å². The van der Waals surface area contributed by atoms with E-state index >= 15 is 0 Å². The molecule has 20 heavy (non-hydrogen) atoms. The van der Waals surface area contributed by atoms with Crippen molar-refractivity contribution in [2.24, 2.45) is 0 Å². The Labute approximate surface area is 120 Å². The maximum atomic E-state index is 10.7. The summed E-state index contributed by atoms with van der Waals surface area (Å²) in [6.45, 7) is 5.35. The number of carboxylic acids is 1. The number of nitrogens with zero attached hydrogens (tertiary/aromatic N) is 2. The van der Waals surface area contributed by atoms with E-state index in [0.29, 0.717) is 17.3 Å². The minimum atomic E-state index is -1.07. The number of hydrogen-bond acceptors (Lipinski definition) is 4. The highest BCUT2D eigenvalue weighted by atomic mass is 35.5. The molecule has 0 saturated heterocycles. The fourth-order valence-electron chi connectivity index (χ4n) is 1.62. The predicted octanol–water partition coefficient (Wildman–Crippen LogP) is 2.81. The van der Waals surface area contributed by atoms with Gasteiger partial charge in [0.05, 0.1) is 6.42 Å². The van der Waals surface area contributed by atoms with Gasteiger partial charge < -0.3 is 9.63 Å². The molecule has 6 heteroatoms. The molecule has 0 spiro atoms. The summed E-state index contributed by atoms with van der Waals surface area (Å²) in [7, 11) is 0. The fraction of sp³-hybridized carbons (Fsp3) is 0.214. The number of carboxylic acid groups (broad SMARTS) is 1. The summed E-state index contributed by atoms with van der Waals surface area (Å²) in [6.07, 6.45) is 0.514. The second-order valence-corrected chi connectivity index (χ2v) is 4.86. The molecule has 0 unspecified atom stereocenters. The van der Waals surface area contributed by atoms with Gasteiger partial charge in [-0.1, -0.05) is 35.5 Å². The Morgan fingerprint density at radius 2 is 2.25 bits per heavy atom. The summed E-state index contributed by atoms with van der Waals surface area (Å²) in [6, 6.07) is 5.71. The van der Waals surface area contributed by atoms with Crippen LogP contribution in [0.1, 0.15) is 22.8 Å². The molecule has 5 nitrogen and oxygen atoms in total. The van der Waals surface area contributed by atoms with Gasteiger partial charge in [-0.3, -0.25) is 0 Å². The van der Waals surface area contributed by atoms with E-state index in [4.69, 9.17) is 21.2 Å². The van der Waals surface area contributed by atoms with E-state index in [1.165, 1.54) is 0 Å². The molecule has 0 amide bonds. The molecule has 0 radical (unpaired) electrons. The molecule has 1 N–H and O–H groups in total. The van der Waals surface area contributed by atoms with E-state index in [1.54, 1.807) is 0 Å². The second-order valence-electron chi connectivity index (χ2n) is 4.45. The van der Waals surface area contributed by atoms with Crippen LogP contribution in [0.5, 0.6) is 0 Å². The third-order valence-corrected chi connectivity index (χ3v) is 3.18. The van der Waals surface area contributed by atoms with Crippen LogP contribution in [0.4, 0.5) is 0 Å². The van der Waals surface area contributed by atoms with E-state index < -0.39 is 5.97 Å². The summed E-state index contributed by atoms with van der Waals surface area (Å²) in [5.74, 6) is -0.348. The Hall–Kier alpha value is -2.14. The van der Waals surface area contributed by atoms with Gasteiger partial charge in [0.15, 0.2) is 5.82 Å². The van der Waals surface area contributed by atoms with Gasteiger partial charge in [0, 0.05) is 17.0 Å². The number of hydrogen-bond donors (Lipinski definition) is 1. The number of carbonyl (C=O) groups is 1. The van der Waals surface area contributed by atoms with Gasteiger partial charge in [-0.15, -0.1) is 0 Å². The molecule has 0 aliphatic heterocycles. The van der Waals surface area contributed by atoms with Gasteiger partial charge in [-0.25, -0.2) is 4.79 Å². The van der Waals surface area contributed by atoms with Crippen molar-refractivity contribution in [2.45, 2.75) is 19.8 Å². The quantitative estimate of drug-likeness (QED) is 0.858. The number of aliphatic carboxylic acids is 1. The van der Waals surface area contributed by atoms with Crippen LogP contribution in [-0.4, -0.2) is 21.2 Å². The van der Waals surface area contributed by atoms with E-state index in [0.717, 1.165) is 11.1 Å². The number of aromatic nitrogens is 2. The summed E-state index contributed by atoms with van der Waals surface area (Å²) >= 11 is 6.05. The van der Waals surface area contributed by atoms with Crippen molar-refractivity contribution in [3.8, 4) is 0 Å². The number of rotatable bonds is 5. The second kappa shape index (κ2) is 5.88. The van der Waals surface area contributed by atoms with Gasteiger partial charge in [0.2, 0.25) is 5.89 Å². The van der Waals surface area contributed by atoms with Crippen molar-refractivity contribution in [1.82, 2.24) is 10.1 Å². The van der Waals surface area contributed by atoms with Crippen LogP contribution in [0.2, 0.25) is 5.02 Å². The first-order valence-electron chi connectivity index (χ1n) is 5.93. The summed E-state index contributed by atoms with van der Waals surface area (Å²) in [5, 5.41) is 13.2. The molecule has 0 aliphatic carbocycles. The monoisotopic (exact) mass is 292 g/mol. The number of benzene rings is 1. The maximum Gasteiger partial charge on any atom is 0.331 e. The van der Waals surface area contributed by atoms with E-state index in [9.17, 15) is 4.79 Å². The smallest absolute Gasteiger partial charge is 0.331 e. The average Bonchev–Trinajstić information content (AvgIpc) is 2.81. The molecule has 2 rings (SSSR count). The Kier molecular flexibility index (Phi) is 4.20. The molecule has 0 fully saturated rings. The minimum Gasteiger partial charge on any atom is -0.478 e. The molecule has 1 heterocycles. The van der Waals surface area contributed by atoms with Crippen molar-refractivity contribution in [2.75, 3.05) is 0 Å². The van der Waals surface area contributed by atoms with Crippen molar-refractivity contribution in [1.29, 1.82) is 0 Å². The molecule has 0 bridgehead atoms. The third-order valence-electron chi connectivity index (χ3n) is 2.78. The average molecular weight is 293 g/mol. The predicted molar refractivity (Wildman–Crippen MR) is 73.8 cm³/mol. The SMILES string of the molecule is C=C(Cc1nc(Cc2ccc(C)c(Cl)c2)no1)C(=O)O. The van der Waals surface area contributed by atoms with Gasteiger partial charge >= 0.3 is 5.97 Å². The van der Waals surface area contributed by atoms with E-state index in [1.807, 2.05) is 25.1 Å². The first kappa shape index (κ1) is 14.3. The number of aryl methyl sites for hydroxylation is 1. The molecular weight excluding hydrogens is 280 g/mol. The zero-order chi connectivity index (χ0) is 14.7.